The van der Waals surface area contributed by atoms with E-state index in [0.29, 0.717) is 12.3 Å². The minimum atomic E-state index is -3.97. The minimum absolute atomic E-state index is 0.172. The van der Waals surface area contributed by atoms with Gasteiger partial charge in [-0.05, 0) is 31.4 Å². The number of para-hydroxylation sites is 1. The van der Waals surface area contributed by atoms with E-state index in [-0.39, 0.29) is 11.7 Å². The summed E-state index contributed by atoms with van der Waals surface area (Å²) >= 11 is 0. The third-order valence-corrected chi connectivity index (χ3v) is 4.30. The summed E-state index contributed by atoms with van der Waals surface area (Å²) in [5.41, 5.74) is 4.74. The van der Waals surface area contributed by atoms with Crippen LogP contribution in [0.15, 0.2) is 23.1 Å². The lowest BCUT2D eigenvalue weighted by Crippen LogP contribution is -2.34. The first-order valence-electron chi connectivity index (χ1n) is 6.20. The van der Waals surface area contributed by atoms with Crippen LogP contribution in [0.5, 0.6) is 0 Å². The number of nitro benzene ring substituents is 1. The Balaban J connectivity index is 3.17. The van der Waals surface area contributed by atoms with Gasteiger partial charge in [-0.15, -0.1) is 0 Å². The first-order valence-corrected chi connectivity index (χ1v) is 7.68. The molecule has 1 unspecified atom stereocenters. The molecule has 7 nitrogen and oxygen atoms in total. The lowest BCUT2D eigenvalue weighted by molar-refractivity contribution is -0.386. The highest BCUT2D eigenvalue weighted by atomic mass is 32.2. The fraction of sp³-hybridized carbons (Fsp3) is 0.500. The van der Waals surface area contributed by atoms with Crippen LogP contribution in [-0.2, 0) is 10.0 Å². The average molecular weight is 301 g/mol. The summed E-state index contributed by atoms with van der Waals surface area (Å²) in [5, 5.41) is 11.0. The van der Waals surface area contributed by atoms with Gasteiger partial charge in [0.05, 0.1) is 4.92 Å². The fourth-order valence-electron chi connectivity index (χ4n) is 2.04. The molecule has 0 aliphatic carbocycles. The van der Waals surface area contributed by atoms with Crippen LogP contribution < -0.4 is 10.5 Å². The molecular weight excluding hydrogens is 282 g/mol. The molecule has 8 heteroatoms. The number of nitrogens with two attached hydrogens (primary N) is 1. The standard InChI is InChI=1S/C12H19N3O4S/c1-8(2)7-9(3)14-20(18,19)11-6-4-5-10(13)12(11)15(16)17/h4-6,8-9,14H,7,13H2,1-3H3. The lowest BCUT2D eigenvalue weighted by atomic mass is 10.1. The van der Waals surface area contributed by atoms with Crippen LogP contribution in [0.4, 0.5) is 11.4 Å². The van der Waals surface area contributed by atoms with E-state index < -0.39 is 25.5 Å². The summed E-state index contributed by atoms with van der Waals surface area (Å²) in [5.74, 6) is 0.309. The van der Waals surface area contributed by atoms with Crippen LogP contribution in [0.2, 0.25) is 0 Å². The number of nitrogens with zero attached hydrogens (tertiary/aromatic N) is 1. The molecule has 0 bridgehead atoms. The molecule has 1 atom stereocenters. The van der Waals surface area contributed by atoms with Gasteiger partial charge < -0.3 is 5.73 Å². The zero-order valence-corrected chi connectivity index (χ0v) is 12.5. The fourth-order valence-corrected chi connectivity index (χ4v) is 3.49. The second kappa shape index (κ2) is 6.19. The first kappa shape index (κ1) is 16.4. The van der Waals surface area contributed by atoms with Crippen molar-refractivity contribution in [3.63, 3.8) is 0 Å². The largest absolute Gasteiger partial charge is 0.393 e. The number of nitrogens with one attached hydrogen (secondary N) is 1. The van der Waals surface area contributed by atoms with Crippen molar-refractivity contribution in [2.75, 3.05) is 5.73 Å². The van der Waals surface area contributed by atoms with E-state index in [0.717, 1.165) is 0 Å². The highest BCUT2D eigenvalue weighted by molar-refractivity contribution is 7.89. The highest BCUT2D eigenvalue weighted by Gasteiger charge is 2.29. The number of nitrogen functional groups attached to an aromatic ring is 1. The third kappa shape index (κ3) is 3.91. The van der Waals surface area contributed by atoms with Crippen molar-refractivity contribution >= 4 is 21.4 Å². The van der Waals surface area contributed by atoms with Gasteiger partial charge in [0.25, 0.3) is 0 Å². The quantitative estimate of drug-likeness (QED) is 0.473. The Kier molecular flexibility index (Phi) is 5.07. The maximum Gasteiger partial charge on any atom is 0.312 e. The number of anilines is 1. The predicted molar refractivity (Wildman–Crippen MR) is 76.7 cm³/mol. The lowest BCUT2D eigenvalue weighted by Gasteiger charge is -2.16. The Hall–Kier alpha value is -1.67. The SMILES string of the molecule is CC(C)CC(C)NS(=O)(=O)c1cccc(N)c1[N+](=O)[O-]. The van der Waals surface area contributed by atoms with Gasteiger partial charge in [-0.25, -0.2) is 13.1 Å². The Bertz CT molecular complexity index is 599. The predicted octanol–water partition coefficient (Wildman–Crippen LogP) is 1.89. The number of hydrogen-bond acceptors (Lipinski definition) is 5. The minimum Gasteiger partial charge on any atom is -0.393 e. The van der Waals surface area contributed by atoms with Crippen LogP contribution >= 0.6 is 0 Å². The van der Waals surface area contributed by atoms with E-state index in [1.54, 1.807) is 6.92 Å². The van der Waals surface area contributed by atoms with Gasteiger partial charge >= 0.3 is 5.69 Å². The zero-order valence-electron chi connectivity index (χ0n) is 11.7. The molecule has 0 aliphatic heterocycles. The summed E-state index contributed by atoms with van der Waals surface area (Å²) < 4.78 is 26.9. The van der Waals surface area contributed by atoms with Crippen molar-refractivity contribution in [1.29, 1.82) is 0 Å². The van der Waals surface area contributed by atoms with Gasteiger partial charge in [0.2, 0.25) is 10.0 Å². The molecule has 0 aromatic heterocycles. The van der Waals surface area contributed by atoms with Crippen LogP contribution in [0.3, 0.4) is 0 Å². The highest BCUT2D eigenvalue weighted by Crippen LogP contribution is 2.29. The summed E-state index contributed by atoms with van der Waals surface area (Å²) in [7, 11) is -3.97. The molecule has 0 amide bonds. The van der Waals surface area contributed by atoms with Crippen LogP contribution in [-0.4, -0.2) is 19.4 Å². The number of sulfonamides is 1. The molecule has 0 saturated heterocycles. The van der Waals surface area contributed by atoms with Crippen molar-refractivity contribution in [3.05, 3.63) is 28.3 Å². The van der Waals surface area contributed by atoms with Gasteiger partial charge in [0.1, 0.15) is 5.69 Å². The van der Waals surface area contributed by atoms with E-state index >= 15 is 0 Å². The Morgan fingerprint density at radius 1 is 1.35 bits per heavy atom. The monoisotopic (exact) mass is 301 g/mol. The zero-order chi connectivity index (χ0) is 15.5. The van der Waals surface area contributed by atoms with Crippen molar-refractivity contribution < 1.29 is 13.3 Å². The first-order chi connectivity index (χ1) is 9.15. The maximum absolute atomic E-state index is 12.2. The van der Waals surface area contributed by atoms with Gasteiger partial charge in [-0.1, -0.05) is 19.9 Å². The molecule has 1 rings (SSSR count). The molecule has 0 radical (unpaired) electrons. The van der Waals surface area contributed by atoms with Crippen molar-refractivity contribution in [2.24, 2.45) is 5.92 Å². The molecule has 0 heterocycles. The molecule has 1 aromatic rings. The summed E-state index contributed by atoms with van der Waals surface area (Å²) in [6.07, 6.45) is 0.634. The van der Waals surface area contributed by atoms with Gasteiger partial charge in [0.15, 0.2) is 4.90 Å². The maximum atomic E-state index is 12.2. The van der Waals surface area contributed by atoms with E-state index in [1.807, 2.05) is 13.8 Å². The summed E-state index contributed by atoms with van der Waals surface area (Å²) in [4.78, 5) is 9.80. The van der Waals surface area contributed by atoms with Crippen molar-refractivity contribution in [2.45, 2.75) is 38.1 Å². The van der Waals surface area contributed by atoms with Crippen molar-refractivity contribution in [3.8, 4) is 0 Å². The summed E-state index contributed by atoms with van der Waals surface area (Å²) in [6, 6.07) is 3.54. The normalized spacial score (nSPS) is 13.4. The second-order valence-electron chi connectivity index (χ2n) is 5.10. The van der Waals surface area contributed by atoms with E-state index in [2.05, 4.69) is 4.72 Å². The average Bonchev–Trinajstić information content (AvgIpc) is 2.25. The molecule has 112 valence electrons. The van der Waals surface area contributed by atoms with Crippen molar-refractivity contribution in [1.82, 2.24) is 4.72 Å². The van der Waals surface area contributed by atoms with Crippen LogP contribution in [0, 0.1) is 16.0 Å². The number of nitro groups is 1. The van der Waals surface area contributed by atoms with Gasteiger partial charge in [0, 0.05) is 6.04 Å². The number of hydrogen-bond donors (Lipinski definition) is 2. The molecule has 0 fully saturated rings. The topological polar surface area (TPSA) is 115 Å². The Morgan fingerprint density at radius 3 is 2.45 bits per heavy atom. The van der Waals surface area contributed by atoms with E-state index in [4.69, 9.17) is 5.73 Å². The molecule has 0 aliphatic rings. The molecule has 3 N–H and O–H groups in total. The van der Waals surface area contributed by atoms with Crippen LogP contribution in [0.25, 0.3) is 0 Å². The summed E-state index contributed by atoms with van der Waals surface area (Å²) in [6.45, 7) is 5.65. The Morgan fingerprint density at radius 2 is 1.95 bits per heavy atom. The van der Waals surface area contributed by atoms with E-state index in [1.165, 1.54) is 18.2 Å². The number of rotatable bonds is 6. The second-order valence-corrected chi connectivity index (χ2v) is 6.79. The Labute approximate surface area is 118 Å². The smallest absolute Gasteiger partial charge is 0.312 e. The molecule has 0 saturated carbocycles. The van der Waals surface area contributed by atoms with E-state index in [9.17, 15) is 18.5 Å². The van der Waals surface area contributed by atoms with Gasteiger partial charge in [-0.3, -0.25) is 10.1 Å². The third-order valence-electron chi connectivity index (χ3n) is 2.68. The molecule has 1 aromatic carbocycles. The molecule has 0 spiro atoms. The number of benzene rings is 1. The molecular formula is C12H19N3O4S. The van der Waals surface area contributed by atoms with Crippen LogP contribution in [0.1, 0.15) is 27.2 Å². The van der Waals surface area contributed by atoms with Gasteiger partial charge in [-0.2, -0.15) is 0 Å². The molecule has 20 heavy (non-hydrogen) atoms.